The molecule has 1 aromatic carbocycles. The number of nitrogens with zero attached hydrogens (tertiary/aromatic N) is 1. The summed E-state index contributed by atoms with van der Waals surface area (Å²) in [5.74, 6) is -2.72. The van der Waals surface area contributed by atoms with Gasteiger partial charge in [0, 0.05) is 89.6 Å². The topological polar surface area (TPSA) is 142 Å². The Hall–Kier alpha value is -2.16. The summed E-state index contributed by atoms with van der Waals surface area (Å²) in [5, 5.41) is 25.5. The maximum Gasteiger partial charge on any atom is 0.338 e. The molecule has 48 heavy (non-hydrogen) atoms. The quantitative estimate of drug-likeness (QED) is 0.330. The Morgan fingerprint density at radius 1 is 0.958 bits per heavy atom. The first kappa shape index (κ1) is 34.3. The van der Waals surface area contributed by atoms with Crippen molar-refractivity contribution in [3.8, 4) is 0 Å². The zero-order chi connectivity index (χ0) is 34.4. The molecular weight excluding hydrogens is 622 g/mol. The molecule has 0 aromatic heterocycles. The van der Waals surface area contributed by atoms with Gasteiger partial charge in [-0.1, -0.05) is 25.1 Å². The summed E-state index contributed by atoms with van der Waals surface area (Å²) in [6.45, 7) is 7.20. The molecule has 1 heterocycles. The van der Waals surface area contributed by atoms with E-state index in [2.05, 4.69) is 11.8 Å². The van der Waals surface area contributed by atoms with Crippen LogP contribution < -0.4 is 0 Å². The van der Waals surface area contributed by atoms with Gasteiger partial charge in [-0.25, -0.2) is 4.79 Å². The molecule has 7 rings (SSSR count). The minimum Gasteiger partial charge on any atom is -0.462 e. The number of hydrogen-bond donors (Lipinski definition) is 2. The van der Waals surface area contributed by atoms with Gasteiger partial charge in [0.05, 0.1) is 24.4 Å². The lowest BCUT2D eigenvalue weighted by atomic mass is 9.42. The third-order valence-electron chi connectivity index (χ3n) is 13.5. The van der Waals surface area contributed by atoms with Gasteiger partial charge in [-0.15, -0.1) is 0 Å². The van der Waals surface area contributed by atoms with E-state index >= 15 is 0 Å². The van der Waals surface area contributed by atoms with Gasteiger partial charge in [0.2, 0.25) is 0 Å². The predicted molar refractivity (Wildman–Crippen MR) is 170 cm³/mol. The normalized spacial score (nSPS) is 48.3. The van der Waals surface area contributed by atoms with Crippen LogP contribution >= 0.6 is 0 Å². The van der Waals surface area contributed by atoms with Gasteiger partial charge in [0.25, 0.3) is 0 Å². The van der Waals surface area contributed by atoms with Crippen molar-refractivity contribution in [3.63, 3.8) is 0 Å². The largest absolute Gasteiger partial charge is 0.462 e. The van der Waals surface area contributed by atoms with Crippen LogP contribution in [0, 0.1) is 34.5 Å². The number of ether oxygens (including phenoxy) is 7. The molecule has 266 valence electrons. The van der Waals surface area contributed by atoms with E-state index in [4.69, 9.17) is 33.2 Å². The highest BCUT2D eigenvalue weighted by atomic mass is 16.6. The number of piperidine rings is 1. The Balaban J connectivity index is 1.51. The van der Waals surface area contributed by atoms with Crippen molar-refractivity contribution in [2.24, 2.45) is 34.5 Å². The van der Waals surface area contributed by atoms with E-state index in [0.29, 0.717) is 31.7 Å². The Labute approximate surface area is 282 Å². The molecule has 0 amide bonds. The molecule has 6 aliphatic rings. The van der Waals surface area contributed by atoms with Gasteiger partial charge in [-0.05, 0) is 37.9 Å². The van der Waals surface area contributed by atoms with Gasteiger partial charge in [-0.3, -0.25) is 9.69 Å². The molecule has 1 spiro atoms. The summed E-state index contributed by atoms with van der Waals surface area (Å²) in [6.07, 6.45) is -4.37. The summed E-state index contributed by atoms with van der Waals surface area (Å²) < 4.78 is 44.7. The number of fused-ring (bicyclic) bond motifs is 2. The van der Waals surface area contributed by atoms with E-state index in [1.807, 2.05) is 13.0 Å². The van der Waals surface area contributed by atoms with E-state index in [1.54, 1.807) is 45.6 Å². The number of methoxy groups -OCH3 is 4. The fourth-order valence-electron chi connectivity index (χ4n) is 12.7. The molecule has 0 radical (unpaired) electrons. The minimum absolute atomic E-state index is 0.170. The lowest BCUT2D eigenvalue weighted by Gasteiger charge is -2.70. The predicted octanol–water partition coefficient (Wildman–Crippen LogP) is 1.69. The molecular formula is C36H51NO11. The lowest BCUT2D eigenvalue weighted by molar-refractivity contribution is -0.330. The Morgan fingerprint density at radius 3 is 2.27 bits per heavy atom. The third-order valence-corrected chi connectivity index (χ3v) is 13.5. The van der Waals surface area contributed by atoms with Crippen molar-refractivity contribution in [1.29, 1.82) is 0 Å². The fraction of sp³-hybridized carbons (Fsp3) is 0.778. The van der Waals surface area contributed by atoms with Gasteiger partial charge in [-0.2, -0.15) is 0 Å². The first-order chi connectivity index (χ1) is 23.0. The molecule has 2 N–H and O–H groups in total. The number of aliphatic hydroxyl groups excluding tert-OH is 1. The number of likely N-dealkylation sites (tertiary alicyclic amines) is 1. The van der Waals surface area contributed by atoms with Crippen molar-refractivity contribution in [2.75, 3.05) is 54.7 Å². The highest BCUT2D eigenvalue weighted by Gasteiger charge is 2.91. The van der Waals surface area contributed by atoms with Crippen LogP contribution in [-0.4, -0.2) is 136 Å². The van der Waals surface area contributed by atoms with Crippen LogP contribution in [0.1, 0.15) is 44.0 Å². The number of esters is 2. The highest BCUT2D eigenvalue weighted by molar-refractivity contribution is 5.89. The second-order valence-corrected chi connectivity index (χ2v) is 14.8. The van der Waals surface area contributed by atoms with Crippen LogP contribution in [0.5, 0.6) is 0 Å². The molecule has 1 aliphatic heterocycles. The summed E-state index contributed by atoms with van der Waals surface area (Å²) in [6, 6.07) is 8.51. The van der Waals surface area contributed by atoms with Crippen LogP contribution in [0.15, 0.2) is 30.3 Å². The zero-order valence-corrected chi connectivity index (χ0v) is 29.0. The Morgan fingerprint density at radius 2 is 1.69 bits per heavy atom. The van der Waals surface area contributed by atoms with Crippen LogP contribution in [0.4, 0.5) is 0 Å². The van der Waals surface area contributed by atoms with E-state index in [-0.39, 0.29) is 36.9 Å². The molecule has 7 bridgehead atoms. The maximum atomic E-state index is 13.8. The van der Waals surface area contributed by atoms with E-state index in [0.717, 1.165) is 0 Å². The number of carbonyl (C=O) groups excluding carboxylic acids is 2. The second kappa shape index (κ2) is 12.0. The van der Waals surface area contributed by atoms with Crippen LogP contribution in [0.3, 0.4) is 0 Å². The standard InChI is InChI=1S/C36H51NO11/c1-8-37-17-33(18-42-4)22(47-19(3)38)15-23(43-5)35-21-16-34(41)30(48-32(40)20-13-11-10-12-14-20)24(21)36(46-9-2,29(39)31(34)45-7)25(28(35)37)26(44-6)27(33)35/h10-14,21-31,39,41H,8-9,15-18H2,1-7H3/t21-,22+,23-,24?,25?,26-,27?,28?,29-,30+,31-,33-,34-,35?,36+/m0/s1. The van der Waals surface area contributed by atoms with E-state index in [1.165, 1.54) is 14.0 Å². The second-order valence-electron chi connectivity index (χ2n) is 14.8. The first-order valence-corrected chi connectivity index (χ1v) is 17.3. The van der Waals surface area contributed by atoms with Gasteiger partial charge in [0.1, 0.15) is 35.6 Å². The van der Waals surface area contributed by atoms with Crippen molar-refractivity contribution in [3.05, 3.63) is 35.9 Å². The number of benzene rings is 1. The molecule has 15 atom stereocenters. The highest BCUT2D eigenvalue weighted by Crippen LogP contribution is 2.80. The van der Waals surface area contributed by atoms with E-state index in [9.17, 15) is 19.8 Å². The molecule has 5 aliphatic carbocycles. The minimum atomic E-state index is -1.74. The molecule has 12 nitrogen and oxygen atoms in total. The van der Waals surface area contributed by atoms with Crippen LogP contribution in [0.2, 0.25) is 0 Å². The third kappa shape index (κ3) is 4.00. The van der Waals surface area contributed by atoms with Crippen LogP contribution in [0.25, 0.3) is 0 Å². The fourth-order valence-corrected chi connectivity index (χ4v) is 12.7. The Kier molecular flexibility index (Phi) is 8.55. The van der Waals surface area contributed by atoms with Gasteiger partial charge in [0.15, 0.2) is 0 Å². The summed E-state index contributed by atoms with van der Waals surface area (Å²) in [5.41, 5.74) is -4.14. The number of rotatable bonds is 11. The number of hydrogen-bond acceptors (Lipinski definition) is 12. The first-order valence-electron chi connectivity index (χ1n) is 17.3. The molecule has 5 unspecified atom stereocenters. The molecule has 5 saturated carbocycles. The van der Waals surface area contributed by atoms with Crippen molar-refractivity contribution in [1.82, 2.24) is 4.90 Å². The zero-order valence-electron chi connectivity index (χ0n) is 29.0. The smallest absolute Gasteiger partial charge is 0.338 e. The molecule has 6 fully saturated rings. The molecule has 1 saturated heterocycles. The van der Waals surface area contributed by atoms with Crippen molar-refractivity contribution >= 4 is 11.9 Å². The average Bonchev–Trinajstić information content (AvgIpc) is 3.44. The summed E-state index contributed by atoms with van der Waals surface area (Å²) in [4.78, 5) is 28.9. The van der Waals surface area contributed by atoms with Gasteiger partial charge >= 0.3 is 11.9 Å². The Bertz CT molecular complexity index is 1400. The van der Waals surface area contributed by atoms with Crippen molar-refractivity contribution < 1.29 is 53.0 Å². The number of carbonyl (C=O) groups is 2. The molecule has 12 heteroatoms. The lowest BCUT2D eigenvalue weighted by Crippen LogP contribution is -2.81. The van der Waals surface area contributed by atoms with Gasteiger partial charge < -0.3 is 43.4 Å². The van der Waals surface area contributed by atoms with Crippen LogP contribution in [-0.2, 0) is 38.0 Å². The SMILES string of the molecule is CCO[C@@]12C3C4N(CC)C[C@@]5(COC)C([C@H]3OC)C4([C@@H](OC)C[C@H]5OC(C)=O)[C@H]3C[C@](O)([C@H](OC(=O)c4ccccc4)C31)[C@@H](OC)[C@@H]2O. The summed E-state index contributed by atoms with van der Waals surface area (Å²) in [7, 11) is 6.51. The average molecular weight is 674 g/mol. The maximum absolute atomic E-state index is 13.8. The van der Waals surface area contributed by atoms with E-state index < -0.39 is 76.5 Å². The summed E-state index contributed by atoms with van der Waals surface area (Å²) >= 11 is 0. The monoisotopic (exact) mass is 673 g/mol. The van der Waals surface area contributed by atoms with Crippen molar-refractivity contribution in [2.45, 2.75) is 87.5 Å². The number of aliphatic hydroxyl groups is 2. The molecule has 1 aromatic rings.